The number of ether oxygens (including phenoxy) is 1. The molecule has 0 bridgehead atoms. The van der Waals surface area contributed by atoms with Gasteiger partial charge in [-0.1, -0.05) is 23.7 Å². The summed E-state index contributed by atoms with van der Waals surface area (Å²) in [7, 11) is 0. The van der Waals surface area contributed by atoms with E-state index in [1.807, 2.05) is 31.2 Å². The van der Waals surface area contributed by atoms with Crippen molar-refractivity contribution < 1.29 is 9.13 Å². The fourth-order valence-corrected chi connectivity index (χ4v) is 2.25. The second kappa shape index (κ2) is 6.70. The summed E-state index contributed by atoms with van der Waals surface area (Å²) in [5.41, 5.74) is 4.14. The third kappa shape index (κ3) is 3.28. The molecule has 0 aromatic heterocycles. The average Bonchev–Trinajstić information content (AvgIpc) is 2.45. The quantitative estimate of drug-likeness (QED) is 0.656. The van der Waals surface area contributed by atoms with E-state index >= 15 is 0 Å². The standard InChI is InChI=1S/C15H16ClFN2O/c1-2-20-12-6-3-10(4-7-12)15(19-18)13-9-11(17)5-8-14(13)16/h3-9,15,19H,2,18H2,1H3. The van der Waals surface area contributed by atoms with Crippen LogP contribution in [0.2, 0.25) is 5.02 Å². The molecule has 1 atom stereocenters. The number of benzene rings is 2. The molecule has 0 amide bonds. The van der Waals surface area contributed by atoms with Crippen LogP contribution in [0.25, 0.3) is 0 Å². The van der Waals surface area contributed by atoms with Crippen molar-refractivity contribution in [3.8, 4) is 5.75 Å². The zero-order valence-electron chi connectivity index (χ0n) is 11.1. The first-order valence-corrected chi connectivity index (χ1v) is 6.67. The van der Waals surface area contributed by atoms with Gasteiger partial charge in [-0.3, -0.25) is 5.84 Å². The number of hydrazine groups is 1. The molecule has 3 N–H and O–H groups in total. The Balaban J connectivity index is 2.34. The van der Waals surface area contributed by atoms with E-state index in [1.54, 1.807) is 0 Å². The molecule has 0 radical (unpaired) electrons. The topological polar surface area (TPSA) is 47.3 Å². The van der Waals surface area contributed by atoms with Crippen molar-refractivity contribution in [3.63, 3.8) is 0 Å². The molecule has 0 saturated carbocycles. The molecule has 20 heavy (non-hydrogen) atoms. The van der Waals surface area contributed by atoms with Crippen molar-refractivity contribution in [2.75, 3.05) is 6.61 Å². The molecule has 0 heterocycles. The van der Waals surface area contributed by atoms with Crippen LogP contribution in [0.4, 0.5) is 4.39 Å². The highest BCUT2D eigenvalue weighted by molar-refractivity contribution is 6.31. The SMILES string of the molecule is CCOc1ccc(C(NN)c2cc(F)ccc2Cl)cc1. The van der Waals surface area contributed by atoms with Crippen LogP contribution in [0.5, 0.6) is 5.75 Å². The first-order chi connectivity index (χ1) is 9.65. The number of rotatable bonds is 5. The third-order valence-electron chi connectivity index (χ3n) is 2.96. The highest BCUT2D eigenvalue weighted by atomic mass is 35.5. The highest BCUT2D eigenvalue weighted by Gasteiger charge is 2.16. The highest BCUT2D eigenvalue weighted by Crippen LogP contribution is 2.29. The van der Waals surface area contributed by atoms with E-state index in [-0.39, 0.29) is 11.9 Å². The van der Waals surface area contributed by atoms with Crippen LogP contribution in [0.1, 0.15) is 24.1 Å². The molecule has 106 valence electrons. The maximum absolute atomic E-state index is 13.4. The maximum atomic E-state index is 13.4. The van der Waals surface area contributed by atoms with Crippen molar-refractivity contribution in [1.82, 2.24) is 5.43 Å². The number of hydrogen-bond donors (Lipinski definition) is 2. The lowest BCUT2D eigenvalue weighted by Crippen LogP contribution is -2.29. The molecule has 2 aromatic rings. The van der Waals surface area contributed by atoms with Crippen molar-refractivity contribution in [2.24, 2.45) is 5.84 Å². The van der Waals surface area contributed by atoms with Crippen LogP contribution in [0, 0.1) is 5.82 Å². The lowest BCUT2D eigenvalue weighted by molar-refractivity contribution is 0.340. The van der Waals surface area contributed by atoms with E-state index in [2.05, 4.69) is 5.43 Å². The van der Waals surface area contributed by atoms with Gasteiger partial charge in [-0.25, -0.2) is 9.82 Å². The minimum Gasteiger partial charge on any atom is -0.494 e. The summed E-state index contributed by atoms with van der Waals surface area (Å²) in [6.07, 6.45) is 0. The molecule has 2 rings (SSSR count). The molecule has 2 aromatic carbocycles. The molecular weight excluding hydrogens is 279 g/mol. The van der Waals surface area contributed by atoms with Crippen molar-refractivity contribution in [1.29, 1.82) is 0 Å². The van der Waals surface area contributed by atoms with Gasteiger partial charge in [0.15, 0.2) is 0 Å². The van der Waals surface area contributed by atoms with Gasteiger partial charge in [-0.05, 0) is 48.4 Å². The Kier molecular flexibility index (Phi) is 4.95. The second-order valence-electron chi connectivity index (χ2n) is 4.27. The molecule has 0 saturated heterocycles. The largest absolute Gasteiger partial charge is 0.494 e. The van der Waals surface area contributed by atoms with Crippen LogP contribution < -0.4 is 16.0 Å². The molecule has 0 aliphatic heterocycles. The predicted octanol–water partition coefficient (Wildman–Crippen LogP) is 3.43. The Morgan fingerprint density at radius 2 is 1.95 bits per heavy atom. The van der Waals surface area contributed by atoms with Gasteiger partial charge in [0.05, 0.1) is 12.6 Å². The van der Waals surface area contributed by atoms with Crippen LogP contribution in [-0.4, -0.2) is 6.61 Å². The fourth-order valence-electron chi connectivity index (χ4n) is 2.02. The van der Waals surface area contributed by atoms with Crippen LogP contribution in [-0.2, 0) is 0 Å². The first kappa shape index (κ1) is 14.8. The van der Waals surface area contributed by atoms with Gasteiger partial charge < -0.3 is 4.74 Å². The Morgan fingerprint density at radius 1 is 1.25 bits per heavy atom. The van der Waals surface area contributed by atoms with Gasteiger partial charge >= 0.3 is 0 Å². The van der Waals surface area contributed by atoms with Crippen LogP contribution in [0.3, 0.4) is 0 Å². The van der Waals surface area contributed by atoms with E-state index in [1.165, 1.54) is 18.2 Å². The smallest absolute Gasteiger partial charge is 0.123 e. The third-order valence-corrected chi connectivity index (χ3v) is 3.30. The lowest BCUT2D eigenvalue weighted by atomic mass is 9.99. The zero-order valence-corrected chi connectivity index (χ0v) is 11.8. The molecule has 0 aliphatic rings. The van der Waals surface area contributed by atoms with E-state index in [9.17, 15) is 4.39 Å². The fraction of sp³-hybridized carbons (Fsp3) is 0.200. The summed E-state index contributed by atoms with van der Waals surface area (Å²) < 4.78 is 18.8. The summed E-state index contributed by atoms with van der Waals surface area (Å²) in [6.45, 7) is 2.53. The minimum atomic E-state index is -0.381. The molecule has 1 unspecified atom stereocenters. The van der Waals surface area contributed by atoms with Crippen LogP contribution in [0.15, 0.2) is 42.5 Å². The summed E-state index contributed by atoms with van der Waals surface area (Å²) >= 11 is 6.11. The molecule has 0 fully saturated rings. The summed E-state index contributed by atoms with van der Waals surface area (Å²) in [5.74, 6) is 6.01. The van der Waals surface area contributed by atoms with Crippen LogP contribution >= 0.6 is 11.6 Å². The Labute approximate surface area is 122 Å². The summed E-state index contributed by atoms with van der Waals surface area (Å²) in [6, 6.07) is 11.3. The zero-order chi connectivity index (χ0) is 14.5. The minimum absolute atomic E-state index is 0.351. The van der Waals surface area contributed by atoms with Gasteiger partial charge in [0.25, 0.3) is 0 Å². The van der Waals surface area contributed by atoms with E-state index in [0.29, 0.717) is 17.2 Å². The summed E-state index contributed by atoms with van der Waals surface area (Å²) in [5, 5.41) is 0.461. The number of hydrogen-bond acceptors (Lipinski definition) is 3. The van der Waals surface area contributed by atoms with Gasteiger partial charge in [0, 0.05) is 5.02 Å². The Hall–Kier alpha value is -1.62. The average molecular weight is 295 g/mol. The Morgan fingerprint density at radius 3 is 2.55 bits per heavy atom. The Bertz CT molecular complexity index is 575. The van der Waals surface area contributed by atoms with Gasteiger partial charge in [0.2, 0.25) is 0 Å². The summed E-state index contributed by atoms with van der Waals surface area (Å²) in [4.78, 5) is 0. The molecule has 0 spiro atoms. The lowest BCUT2D eigenvalue weighted by Gasteiger charge is -2.18. The monoisotopic (exact) mass is 294 g/mol. The van der Waals surface area contributed by atoms with E-state index in [0.717, 1.165) is 11.3 Å². The van der Waals surface area contributed by atoms with Gasteiger partial charge in [-0.2, -0.15) is 0 Å². The van der Waals surface area contributed by atoms with Crippen molar-refractivity contribution in [3.05, 3.63) is 64.4 Å². The van der Waals surface area contributed by atoms with Crippen molar-refractivity contribution >= 4 is 11.6 Å². The maximum Gasteiger partial charge on any atom is 0.123 e. The molecular formula is C15H16ClFN2O. The number of nitrogens with one attached hydrogen (secondary N) is 1. The molecule has 5 heteroatoms. The molecule has 0 aliphatic carbocycles. The van der Waals surface area contributed by atoms with Gasteiger partial charge in [-0.15, -0.1) is 0 Å². The molecule has 3 nitrogen and oxygen atoms in total. The predicted molar refractivity (Wildman–Crippen MR) is 78.2 cm³/mol. The van der Waals surface area contributed by atoms with Crippen molar-refractivity contribution in [2.45, 2.75) is 13.0 Å². The first-order valence-electron chi connectivity index (χ1n) is 6.29. The van der Waals surface area contributed by atoms with E-state index in [4.69, 9.17) is 22.2 Å². The normalized spacial score (nSPS) is 12.2. The second-order valence-corrected chi connectivity index (χ2v) is 4.67. The van der Waals surface area contributed by atoms with Gasteiger partial charge in [0.1, 0.15) is 11.6 Å². The number of halogens is 2. The number of nitrogens with two attached hydrogens (primary N) is 1. The van der Waals surface area contributed by atoms with E-state index < -0.39 is 0 Å².